The lowest BCUT2D eigenvalue weighted by molar-refractivity contribution is 0.591. The molecule has 5 heteroatoms. The van der Waals surface area contributed by atoms with Gasteiger partial charge >= 0.3 is 0 Å². The zero-order chi connectivity index (χ0) is 13.7. The van der Waals surface area contributed by atoms with Crippen molar-refractivity contribution in [2.45, 2.75) is 38.6 Å². The van der Waals surface area contributed by atoms with Crippen molar-refractivity contribution in [3.05, 3.63) is 29.8 Å². The highest BCUT2D eigenvalue weighted by Crippen LogP contribution is 2.18. The summed E-state index contributed by atoms with van der Waals surface area (Å²) in [5, 5.41) is 3.38. The summed E-state index contributed by atoms with van der Waals surface area (Å²) in [5.41, 5.74) is 1.70. The maximum absolute atomic E-state index is 11.9. The molecular weight excluding hydrogens is 260 g/mol. The number of aryl methyl sites for hydroxylation is 1. The zero-order valence-corrected chi connectivity index (χ0v) is 12.2. The van der Waals surface area contributed by atoms with E-state index >= 15 is 0 Å². The van der Waals surface area contributed by atoms with Gasteiger partial charge in [0, 0.05) is 11.7 Å². The monoisotopic (exact) mass is 282 g/mol. The normalized spacial score (nSPS) is 15.4. The van der Waals surface area contributed by atoms with Gasteiger partial charge in [0.2, 0.25) is 10.0 Å². The van der Waals surface area contributed by atoms with E-state index in [0.29, 0.717) is 18.2 Å². The molecule has 2 N–H and O–H groups in total. The van der Waals surface area contributed by atoms with Crippen molar-refractivity contribution in [3.63, 3.8) is 0 Å². The molecule has 1 saturated carbocycles. The van der Waals surface area contributed by atoms with Gasteiger partial charge in [-0.05, 0) is 56.8 Å². The highest BCUT2D eigenvalue weighted by Gasteiger charge is 2.19. The summed E-state index contributed by atoms with van der Waals surface area (Å²) in [6, 6.07) is 8.11. The van der Waals surface area contributed by atoms with E-state index in [4.69, 9.17) is 0 Å². The minimum absolute atomic E-state index is 0.188. The molecule has 1 aliphatic carbocycles. The summed E-state index contributed by atoms with van der Waals surface area (Å²) in [6.45, 7) is 2.87. The minimum Gasteiger partial charge on any atom is -0.314 e. The Morgan fingerprint density at radius 3 is 2.74 bits per heavy atom. The molecule has 0 saturated heterocycles. The Hall–Kier alpha value is -1.07. The van der Waals surface area contributed by atoms with Crippen molar-refractivity contribution in [1.29, 1.82) is 0 Å². The molecule has 0 atom stereocenters. The smallest absolute Gasteiger partial charge is 0.232 e. The van der Waals surface area contributed by atoms with Gasteiger partial charge in [0.15, 0.2) is 0 Å². The third-order valence-corrected chi connectivity index (χ3v) is 4.51. The van der Waals surface area contributed by atoms with Crippen LogP contribution < -0.4 is 10.0 Å². The number of anilines is 1. The third kappa shape index (κ3) is 5.61. The van der Waals surface area contributed by atoms with Crippen molar-refractivity contribution >= 4 is 15.7 Å². The fourth-order valence-electron chi connectivity index (χ4n) is 1.95. The molecule has 1 aromatic carbocycles. The maximum Gasteiger partial charge on any atom is 0.232 e. The van der Waals surface area contributed by atoms with Crippen LogP contribution in [0, 0.1) is 6.92 Å². The summed E-state index contributed by atoms with van der Waals surface area (Å²) >= 11 is 0. The summed E-state index contributed by atoms with van der Waals surface area (Å²) in [6.07, 6.45) is 4.15. The topological polar surface area (TPSA) is 58.2 Å². The van der Waals surface area contributed by atoms with Gasteiger partial charge in [0.25, 0.3) is 0 Å². The molecule has 0 aliphatic heterocycles. The van der Waals surface area contributed by atoms with Crippen LogP contribution in [-0.4, -0.2) is 26.8 Å². The number of unbranched alkanes of at least 4 members (excludes halogenated alkanes) is 1. The lowest BCUT2D eigenvalue weighted by Gasteiger charge is -2.08. The molecule has 4 nitrogen and oxygen atoms in total. The Kier molecular flexibility index (Phi) is 4.82. The van der Waals surface area contributed by atoms with Gasteiger partial charge < -0.3 is 5.32 Å². The van der Waals surface area contributed by atoms with E-state index in [9.17, 15) is 8.42 Å². The van der Waals surface area contributed by atoms with Gasteiger partial charge in [0.1, 0.15) is 0 Å². The molecule has 1 aromatic rings. The summed E-state index contributed by atoms with van der Waals surface area (Å²) in [4.78, 5) is 0. The van der Waals surface area contributed by atoms with Crippen LogP contribution in [0.1, 0.15) is 31.2 Å². The predicted molar refractivity (Wildman–Crippen MR) is 78.8 cm³/mol. The van der Waals surface area contributed by atoms with Gasteiger partial charge in [-0.3, -0.25) is 4.72 Å². The number of rotatable bonds is 8. The highest BCUT2D eigenvalue weighted by atomic mass is 32.2. The van der Waals surface area contributed by atoms with E-state index in [-0.39, 0.29) is 5.75 Å². The fourth-order valence-corrected chi connectivity index (χ4v) is 3.12. The number of benzene rings is 1. The second kappa shape index (κ2) is 6.39. The average molecular weight is 282 g/mol. The molecule has 0 aromatic heterocycles. The van der Waals surface area contributed by atoms with Crippen LogP contribution in [0.3, 0.4) is 0 Å². The van der Waals surface area contributed by atoms with Crippen LogP contribution in [0.2, 0.25) is 0 Å². The molecule has 0 heterocycles. The number of hydrogen-bond acceptors (Lipinski definition) is 3. The van der Waals surface area contributed by atoms with E-state index in [1.54, 1.807) is 6.07 Å². The van der Waals surface area contributed by atoms with Gasteiger partial charge in [-0.2, -0.15) is 0 Å². The van der Waals surface area contributed by atoms with Crippen molar-refractivity contribution in [2.75, 3.05) is 17.0 Å². The molecule has 0 bridgehead atoms. The van der Waals surface area contributed by atoms with Crippen LogP contribution in [0.25, 0.3) is 0 Å². The van der Waals surface area contributed by atoms with Gasteiger partial charge in [-0.1, -0.05) is 12.1 Å². The van der Waals surface area contributed by atoms with Gasteiger partial charge in [0.05, 0.1) is 5.75 Å². The van der Waals surface area contributed by atoms with E-state index in [1.165, 1.54) is 12.8 Å². The Balaban J connectivity index is 1.71. The quantitative estimate of drug-likeness (QED) is 0.719. The van der Waals surface area contributed by atoms with E-state index in [1.807, 2.05) is 25.1 Å². The lowest BCUT2D eigenvalue weighted by atomic mass is 10.2. The summed E-state index contributed by atoms with van der Waals surface area (Å²) in [5.74, 6) is 0.188. The number of sulfonamides is 1. The van der Waals surface area contributed by atoms with E-state index in [0.717, 1.165) is 18.5 Å². The molecule has 0 unspecified atom stereocenters. The first-order valence-corrected chi connectivity index (χ1v) is 8.51. The number of hydrogen-bond donors (Lipinski definition) is 2. The van der Waals surface area contributed by atoms with Crippen LogP contribution in [0.5, 0.6) is 0 Å². The molecule has 2 rings (SSSR count). The Morgan fingerprint density at radius 1 is 1.26 bits per heavy atom. The lowest BCUT2D eigenvalue weighted by Crippen LogP contribution is -2.20. The fraction of sp³-hybridized carbons (Fsp3) is 0.571. The molecule has 0 radical (unpaired) electrons. The number of nitrogens with one attached hydrogen (secondary N) is 2. The van der Waals surface area contributed by atoms with Crippen molar-refractivity contribution in [3.8, 4) is 0 Å². The molecule has 1 fully saturated rings. The summed E-state index contributed by atoms with van der Waals surface area (Å²) < 4.78 is 26.4. The standard InChI is InChI=1S/C14H22N2O2S/c1-12-5-4-6-14(11-12)16-19(17,18)10-3-2-9-15-13-7-8-13/h4-6,11,13,15-16H,2-3,7-10H2,1H3. The third-order valence-electron chi connectivity index (χ3n) is 3.14. The van der Waals surface area contributed by atoms with Crippen molar-refractivity contribution < 1.29 is 8.42 Å². The predicted octanol–water partition coefficient (Wildman–Crippen LogP) is 2.27. The van der Waals surface area contributed by atoms with E-state index < -0.39 is 10.0 Å². The largest absolute Gasteiger partial charge is 0.314 e. The van der Waals surface area contributed by atoms with Crippen LogP contribution in [0.4, 0.5) is 5.69 Å². The maximum atomic E-state index is 11.9. The second-order valence-corrected chi connectivity index (χ2v) is 7.07. The van der Waals surface area contributed by atoms with Crippen molar-refractivity contribution in [1.82, 2.24) is 5.32 Å². The van der Waals surface area contributed by atoms with Crippen LogP contribution in [-0.2, 0) is 10.0 Å². The molecule has 106 valence electrons. The summed E-state index contributed by atoms with van der Waals surface area (Å²) in [7, 11) is -3.21. The second-order valence-electron chi connectivity index (χ2n) is 5.23. The molecular formula is C14H22N2O2S. The Morgan fingerprint density at radius 2 is 2.05 bits per heavy atom. The van der Waals surface area contributed by atoms with Gasteiger partial charge in [-0.25, -0.2) is 8.42 Å². The Bertz CT molecular complexity index is 510. The van der Waals surface area contributed by atoms with Crippen LogP contribution in [0.15, 0.2) is 24.3 Å². The molecule has 1 aliphatic rings. The Labute approximate surface area is 115 Å². The first-order chi connectivity index (χ1) is 9.05. The van der Waals surface area contributed by atoms with E-state index in [2.05, 4.69) is 10.0 Å². The molecule has 0 amide bonds. The SMILES string of the molecule is Cc1cccc(NS(=O)(=O)CCCCNC2CC2)c1. The first kappa shape index (κ1) is 14.3. The zero-order valence-electron chi connectivity index (χ0n) is 11.4. The van der Waals surface area contributed by atoms with Crippen LogP contribution >= 0.6 is 0 Å². The first-order valence-electron chi connectivity index (χ1n) is 6.86. The van der Waals surface area contributed by atoms with Crippen molar-refractivity contribution in [2.24, 2.45) is 0 Å². The average Bonchev–Trinajstić information content (AvgIpc) is 3.11. The molecule has 0 spiro atoms. The minimum atomic E-state index is -3.21. The molecule has 19 heavy (non-hydrogen) atoms. The van der Waals surface area contributed by atoms with Gasteiger partial charge in [-0.15, -0.1) is 0 Å². The highest BCUT2D eigenvalue weighted by molar-refractivity contribution is 7.92.